The first-order valence-corrected chi connectivity index (χ1v) is 11.0. The van der Waals surface area contributed by atoms with Crippen LogP contribution in [-0.4, -0.2) is 21.4 Å². The highest BCUT2D eigenvalue weighted by molar-refractivity contribution is 8.00. The molecule has 1 aromatic heterocycles. The van der Waals surface area contributed by atoms with E-state index < -0.39 is 0 Å². The number of thioether (sulfide) groups is 1. The second-order valence-corrected chi connectivity index (χ2v) is 8.93. The number of fused-ring (bicyclic) bond motifs is 1. The summed E-state index contributed by atoms with van der Waals surface area (Å²) < 4.78 is 1.04. The van der Waals surface area contributed by atoms with Gasteiger partial charge in [0.15, 0.2) is 4.34 Å². The summed E-state index contributed by atoms with van der Waals surface area (Å²) >= 11 is 3.38. The molecule has 5 heteroatoms. The first kappa shape index (κ1) is 17.7. The highest BCUT2D eigenvalue weighted by Crippen LogP contribution is 2.37. The first-order valence-electron chi connectivity index (χ1n) is 8.96. The molecule has 1 heterocycles. The van der Waals surface area contributed by atoms with Gasteiger partial charge in [0.2, 0.25) is 0 Å². The molecule has 1 unspecified atom stereocenters. The Morgan fingerprint density at radius 1 is 1.08 bits per heavy atom. The molecule has 1 atom stereocenters. The Morgan fingerprint density at radius 3 is 2.65 bits per heavy atom. The van der Waals surface area contributed by atoms with Gasteiger partial charge in [-0.25, -0.2) is 0 Å². The normalized spacial score (nSPS) is 16.2. The summed E-state index contributed by atoms with van der Waals surface area (Å²) in [5, 5.41) is 9.80. The fraction of sp³-hybridized carbons (Fsp3) is 0.333. The fourth-order valence-corrected chi connectivity index (χ4v) is 5.02. The van der Waals surface area contributed by atoms with Crippen LogP contribution in [0, 0.1) is 6.92 Å². The Balaban J connectivity index is 1.61. The SMILES string of the molecule is CSc1nnc(CN(Cc2ccc(C)cc2)C2CCc3ccccc32)s1. The molecular formula is C21H23N3S2. The average Bonchev–Trinajstić information content (AvgIpc) is 3.29. The minimum absolute atomic E-state index is 0.453. The Morgan fingerprint density at radius 2 is 1.88 bits per heavy atom. The summed E-state index contributed by atoms with van der Waals surface area (Å²) in [5.74, 6) is 0. The number of hydrogen-bond donors (Lipinski definition) is 0. The molecule has 0 spiro atoms. The van der Waals surface area contributed by atoms with Crippen molar-refractivity contribution in [1.82, 2.24) is 15.1 Å². The number of benzene rings is 2. The van der Waals surface area contributed by atoms with E-state index in [1.807, 2.05) is 0 Å². The zero-order valence-corrected chi connectivity index (χ0v) is 16.8. The lowest BCUT2D eigenvalue weighted by Crippen LogP contribution is -2.26. The second kappa shape index (κ2) is 7.91. The van der Waals surface area contributed by atoms with Crippen molar-refractivity contribution >= 4 is 23.1 Å². The highest BCUT2D eigenvalue weighted by atomic mass is 32.2. The van der Waals surface area contributed by atoms with Crippen molar-refractivity contribution in [2.75, 3.05) is 6.26 Å². The molecule has 3 nitrogen and oxygen atoms in total. The van der Waals surface area contributed by atoms with E-state index in [-0.39, 0.29) is 0 Å². The summed E-state index contributed by atoms with van der Waals surface area (Å²) in [4.78, 5) is 2.57. The van der Waals surface area contributed by atoms with Gasteiger partial charge in [-0.3, -0.25) is 4.90 Å². The van der Waals surface area contributed by atoms with Crippen LogP contribution in [0.4, 0.5) is 0 Å². The van der Waals surface area contributed by atoms with E-state index in [0.29, 0.717) is 6.04 Å². The van der Waals surface area contributed by atoms with E-state index in [2.05, 4.69) is 76.8 Å². The van der Waals surface area contributed by atoms with Gasteiger partial charge in [-0.1, -0.05) is 77.2 Å². The molecule has 0 saturated carbocycles. The van der Waals surface area contributed by atoms with Crippen molar-refractivity contribution in [3.05, 3.63) is 75.8 Å². The molecule has 0 aliphatic heterocycles. The quantitative estimate of drug-likeness (QED) is 0.545. The van der Waals surface area contributed by atoms with Crippen molar-refractivity contribution in [3.63, 3.8) is 0 Å². The zero-order valence-electron chi connectivity index (χ0n) is 15.2. The van der Waals surface area contributed by atoms with Gasteiger partial charge in [0, 0.05) is 12.6 Å². The van der Waals surface area contributed by atoms with Crippen molar-refractivity contribution in [2.24, 2.45) is 0 Å². The van der Waals surface area contributed by atoms with Crippen LogP contribution in [0.5, 0.6) is 0 Å². The van der Waals surface area contributed by atoms with Crippen LogP contribution in [0.15, 0.2) is 52.9 Å². The van der Waals surface area contributed by atoms with Crippen molar-refractivity contribution in [2.45, 2.75) is 43.2 Å². The monoisotopic (exact) mass is 381 g/mol. The maximum absolute atomic E-state index is 4.42. The topological polar surface area (TPSA) is 29.0 Å². The lowest BCUT2D eigenvalue weighted by Gasteiger charge is -2.29. The number of rotatable bonds is 6. The van der Waals surface area contributed by atoms with Gasteiger partial charge in [-0.2, -0.15) is 0 Å². The van der Waals surface area contributed by atoms with Gasteiger partial charge in [0.05, 0.1) is 6.54 Å². The molecule has 2 aromatic carbocycles. The summed E-state index contributed by atoms with van der Waals surface area (Å²) in [6.07, 6.45) is 4.40. The van der Waals surface area contributed by atoms with Crippen LogP contribution < -0.4 is 0 Å². The number of aromatic nitrogens is 2. The van der Waals surface area contributed by atoms with Crippen LogP contribution in [0.2, 0.25) is 0 Å². The molecule has 0 N–H and O–H groups in total. The maximum Gasteiger partial charge on any atom is 0.174 e. The lowest BCUT2D eigenvalue weighted by molar-refractivity contribution is 0.177. The van der Waals surface area contributed by atoms with Crippen molar-refractivity contribution in [1.29, 1.82) is 0 Å². The van der Waals surface area contributed by atoms with Crippen LogP contribution in [0.3, 0.4) is 0 Å². The summed E-state index contributed by atoms with van der Waals surface area (Å²) in [5.41, 5.74) is 5.64. The van der Waals surface area contributed by atoms with Crippen LogP contribution >= 0.6 is 23.1 Å². The summed E-state index contributed by atoms with van der Waals surface area (Å²) in [7, 11) is 0. The predicted molar refractivity (Wildman–Crippen MR) is 110 cm³/mol. The van der Waals surface area contributed by atoms with E-state index in [9.17, 15) is 0 Å². The molecule has 134 valence electrons. The van der Waals surface area contributed by atoms with Crippen LogP contribution in [0.1, 0.15) is 39.7 Å². The number of nitrogens with zero attached hydrogens (tertiary/aromatic N) is 3. The van der Waals surface area contributed by atoms with Gasteiger partial charge >= 0.3 is 0 Å². The lowest BCUT2D eigenvalue weighted by atomic mass is 10.1. The van der Waals surface area contributed by atoms with Crippen LogP contribution in [0.25, 0.3) is 0 Å². The fourth-order valence-electron chi connectivity index (χ4n) is 3.68. The van der Waals surface area contributed by atoms with Gasteiger partial charge < -0.3 is 0 Å². The van der Waals surface area contributed by atoms with E-state index in [0.717, 1.165) is 28.9 Å². The minimum Gasteiger partial charge on any atom is -0.285 e. The molecule has 0 radical (unpaired) electrons. The Labute approximate surface area is 163 Å². The second-order valence-electron chi connectivity index (χ2n) is 6.81. The molecule has 4 rings (SSSR count). The maximum atomic E-state index is 4.42. The van der Waals surface area contributed by atoms with Crippen molar-refractivity contribution < 1.29 is 0 Å². The highest BCUT2D eigenvalue weighted by Gasteiger charge is 2.28. The smallest absolute Gasteiger partial charge is 0.174 e. The third kappa shape index (κ3) is 3.85. The molecule has 0 amide bonds. The molecule has 0 fully saturated rings. The number of hydrogen-bond acceptors (Lipinski definition) is 5. The molecule has 1 aliphatic carbocycles. The van der Waals surface area contributed by atoms with E-state index in [1.54, 1.807) is 23.1 Å². The predicted octanol–water partition coefficient (Wildman–Crippen LogP) is 5.26. The Bertz CT molecular complexity index is 873. The summed E-state index contributed by atoms with van der Waals surface area (Å²) in [6, 6.07) is 18.2. The molecule has 0 saturated heterocycles. The molecule has 26 heavy (non-hydrogen) atoms. The van der Waals surface area contributed by atoms with E-state index >= 15 is 0 Å². The Hall–Kier alpha value is -1.69. The molecule has 1 aliphatic rings. The van der Waals surface area contributed by atoms with Crippen molar-refractivity contribution in [3.8, 4) is 0 Å². The van der Waals surface area contributed by atoms with Gasteiger partial charge in [-0.05, 0) is 42.7 Å². The van der Waals surface area contributed by atoms with Gasteiger partial charge in [0.25, 0.3) is 0 Å². The molecule has 0 bridgehead atoms. The first-order chi connectivity index (χ1) is 12.7. The van der Waals surface area contributed by atoms with Crippen LogP contribution in [-0.2, 0) is 19.5 Å². The largest absolute Gasteiger partial charge is 0.285 e. The van der Waals surface area contributed by atoms with E-state index in [1.165, 1.54) is 28.7 Å². The minimum atomic E-state index is 0.453. The molecule has 3 aromatic rings. The third-order valence-corrected chi connectivity index (χ3v) is 6.89. The third-order valence-electron chi connectivity index (χ3n) is 5.01. The average molecular weight is 382 g/mol. The Kier molecular flexibility index (Phi) is 5.38. The summed E-state index contributed by atoms with van der Waals surface area (Å²) in [6.45, 7) is 3.93. The molecular weight excluding hydrogens is 358 g/mol. The van der Waals surface area contributed by atoms with Gasteiger partial charge in [0.1, 0.15) is 5.01 Å². The zero-order chi connectivity index (χ0) is 17.9. The number of aryl methyl sites for hydroxylation is 2. The van der Waals surface area contributed by atoms with E-state index in [4.69, 9.17) is 0 Å². The standard InChI is InChI=1S/C21H23N3S2/c1-15-7-9-16(10-8-15)13-24(14-20-22-23-21(25-2)26-20)19-12-11-17-5-3-4-6-18(17)19/h3-10,19H,11-14H2,1-2H3. The van der Waals surface area contributed by atoms with Gasteiger partial charge in [-0.15, -0.1) is 10.2 Å².